The average Bonchev–Trinajstić information content (AvgIpc) is 3.22. The largest absolute Gasteiger partial charge is 0.497 e. The second-order valence-corrected chi connectivity index (χ2v) is 5.82. The Morgan fingerprint density at radius 1 is 0.960 bits per heavy atom. The van der Waals surface area contributed by atoms with Crippen molar-refractivity contribution in [1.29, 1.82) is 0 Å². The number of hydrogen-bond acceptors (Lipinski definition) is 4. The summed E-state index contributed by atoms with van der Waals surface area (Å²) in [4.78, 5) is 4.32. The molecule has 0 aliphatic rings. The van der Waals surface area contributed by atoms with Gasteiger partial charge >= 0.3 is 0 Å². The van der Waals surface area contributed by atoms with Crippen molar-refractivity contribution >= 4 is 10.8 Å². The van der Waals surface area contributed by atoms with Crippen LogP contribution in [0.3, 0.4) is 0 Å². The molecular weight excluding hydrogens is 314 g/mol. The first kappa shape index (κ1) is 15.4. The predicted octanol–water partition coefficient (Wildman–Crippen LogP) is 4.12. The van der Waals surface area contributed by atoms with E-state index in [1.54, 1.807) is 37.9 Å². The molecule has 2 heterocycles. The number of benzene rings is 2. The zero-order valence-corrected chi connectivity index (χ0v) is 13.7. The molecule has 0 bridgehead atoms. The van der Waals surface area contributed by atoms with Crippen molar-refractivity contribution in [2.75, 3.05) is 7.11 Å². The van der Waals surface area contributed by atoms with Crippen molar-refractivity contribution in [3.63, 3.8) is 0 Å². The fraction of sp³-hybridized carbons (Fsp3) is 0.0952. The Bertz CT molecular complexity index is 988. The Morgan fingerprint density at radius 3 is 2.48 bits per heavy atom. The van der Waals surface area contributed by atoms with Gasteiger partial charge in [-0.1, -0.05) is 36.4 Å². The predicted molar refractivity (Wildman–Crippen MR) is 95.5 cm³/mol. The van der Waals surface area contributed by atoms with Crippen molar-refractivity contribution in [2.24, 2.45) is 0 Å². The Labute approximate surface area is 145 Å². The molecule has 4 rings (SSSR count). The molecule has 2 aromatic carbocycles. The van der Waals surface area contributed by atoms with E-state index in [1.807, 2.05) is 48.5 Å². The summed E-state index contributed by atoms with van der Waals surface area (Å²) in [5, 5.41) is 13.7. The van der Waals surface area contributed by atoms with Gasteiger partial charge in [-0.05, 0) is 35.2 Å². The summed E-state index contributed by atoms with van der Waals surface area (Å²) in [7, 11) is 1.61. The first-order valence-electron chi connectivity index (χ1n) is 7.97. The molecule has 0 aliphatic carbocycles. The van der Waals surface area contributed by atoms with Gasteiger partial charge in [0.05, 0.1) is 13.4 Å². The molecule has 0 aliphatic heterocycles. The second kappa shape index (κ2) is 6.07. The third kappa shape index (κ3) is 2.47. The number of nitrogens with zero attached hydrogens (tertiary/aromatic N) is 1. The van der Waals surface area contributed by atoms with Crippen LogP contribution in [0.15, 0.2) is 83.7 Å². The van der Waals surface area contributed by atoms with Gasteiger partial charge in [0.2, 0.25) is 0 Å². The lowest BCUT2D eigenvalue weighted by Crippen LogP contribution is -2.28. The third-order valence-corrected chi connectivity index (χ3v) is 4.44. The topological polar surface area (TPSA) is 55.5 Å². The number of hydrogen-bond donors (Lipinski definition) is 1. The van der Waals surface area contributed by atoms with E-state index < -0.39 is 5.60 Å². The number of aliphatic hydroxyl groups is 1. The molecule has 2 aromatic heterocycles. The molecule has 25 heavy (non-hydrogen) atoms. The SMILES string of the molecule is COc1ccc(C(O)(c2ccco2)c2cncc3ccccc23)cc1. The van der Waals surface area contributed by atoms with E-state index in [1.165, 1.54) is 0 Å². The van der Waals surface area contributed by atoms with E-state index in [0.717, 1.165) is 16.5 Å². The van der Waals surface area contributed by atoms with Gasteiger partial charge in [-0.25, -0.2) is 0 Å². The quantitative estimate of drug-likeness (QED) is 0.611. The first-order valence-corrected chi connectivity index (χ1v) is 7.97. The van der Waals surface area contributed by atoms with Crippen LogP contribution >= 0.6 is 0 Å². The van der Waals surface area contributed by atoms with Crippen molar-refractivity contribution in [3.05, 3.63) is 96.2 Å². The van der Waals surface area contributed by atoms with Crippen LogP contribution in [0.2, 0.25) is 0 Å². The Kier molecular flexibility index (Phi) is 3.75. The summed E-state index contributed by atoms with van der Waals surface area (Å²) in [6.45, 7) is 0. The third-order valence-electron chi connectivity index (χ3n) is 4.44. The van der Waals surface area contributed by atoms with Gasteiger partial charge in [-0.2, -0.15) is 0 Å². The van der Waals surface area contributed by atoms with Gasteiger partial charge in [0.25, 0.3) is 0 Å². The molecule has 0 fully saturated rings. The molecule has 124 valence electrons. The van der Waals surface area contributed by atoms with E-state index in [2.05, 4.69) is 4.98 Å². The minimum atomic E-state index is -1.45. The standard InChI is InChI=1S/C21H17NO3/c1-24-17-10-8-16(9-11-17)21(23,20-7-4-12-25-20)19-14-22-13-15-5-2-3-6-18(15)19/h2-14,23H,1H3. The summed E-state index contributed by atoms with van der Waals surface area (Å²) in [5.74, 6) is 1.16. The minimum Gasteiger partial charge on any atom is -0.497 e. The number of rotatable bonds is 4. The molecule has 0 saturated carbocycles. The van der Waals surface area contributed by atoms with E-state index in [-0.39, 0.29) is 0 Å². The van der Waals surface area contributed by atoms with Crippen LogP contribution in [-0.2, 0) is 5.60 Å². The highest BCUT2D eigenvalue weighted by molar-refractivity contribution is 5.86. The van der Waals surface area contributed by atoms with Crippen molar-refractivity contribution in [2.45, 2.75) is 5.60 Å². The maximum atomic E-state index is 11.8. The van der Waals surface area contributed by atoms with Crippen LogP contribution in [0.1, 0.15) is 16.9 Å². The number of aromatic nitrogens is 1. The van der Waals surface area contributed by atoms with E-state index >= 15 is 0 Å². The van der Waals surface area contributed by atoms with Crippen molar-refractivity contribution in [1.82, 2.24) is 4.98 Å². The lowest BCUT2D eigenvalue weighted by molar-refractivity contribution is 0.100. The Balaban J connectivity index is 2.01. The van der Waals surface area contributed by atoms with Crippen LogP contribution in [0.4, 0.5) is 0 Å². The molecular formula is C21H17NO3. The number of pyridine rings is 1. The van der Waals surface area contributed by atoms with Crippen LogP contribution in [0, 0.1) is 0 Å². The van der Waals surface area contributed by atoms with Gasteiger partial charge in [-0.15, -0.1) is 0 Å². The summed E-state index contributed by atoms with van der Waals surface area (Å²) < 4.78 is 10.8. The number of fused-ring (bicyclic) bond motifs is 1. The normalized spacial score (nSPS) is 13.5. The zero-order chi connectivity index (χ0) is 17.3. The molecule has 1 unspecified atom stereocenters. The highest BCUT2D eigenvalue weighted by atomic mass is 16.5. The highest BCUT2D eigenvalue weighted by Crippen LogP contribution is 2.40. The van der Waals surface area contributed by atoms with Gasteiger partial charge in [0.1, 0.15) is 11.5 Å². The molecule has 4 nitrogen and oxygen atoms in total. The fourth-order valence-corrected chi connectivity index (χ4v) is 3.15. The minimum absolute atomic E-state index is 0.441. The molecule has 0 spiro atoms. The highest BCUT2D eigenvalue weighted by Gasteiger charge is 2.38. The number of ether oxygens (including phenoxy) is 1. The van der Waals surface area contributed by atoms with Crippen molar-refractivity contribution < 1.29 is 14.3 Å². The van der Waals surface area contributed by atoms with Crippen LogP contribution in [-0.4, -0.2) is 17.2 Å². The van der Waals surface area contributed by atoms with E-state index in [0.29, 0.717) is 16.9 Å². The summed E-state index contributed by atoms with van der Waals surface area (Å²) in [6.07, 6.45) is 5.03. The van der Waals surface area contributed by atoms with Gasteiger partial charge in [0.15, 0.2) is 5.60 Å². The average molecular weight is 331 g/mol. The lowest BCUT2D eigenvalue weighted by Gasteiger charge is -2.28. The zero-order valence-electron chi connectivity index (χ0n) is 13.7. The molecule has 4 heteroatoms. The monoisotopic (exact) mass is 331 g/mol. The molecule has 4 aromatic rings. The van der Waals surface area contributed by atoms with Gasteiger partial charge in [-0.3, -0.25) is 4.98 Å². The molecule has 0 radical (unpaired) electrons. The van der Waals surface area contributed by atoms with E-state index in [4.69, 9.17) is 9.15 Å². The Morgan fingerprint density at radius 2 is 1.76 bits per heavy atom. The summed E-state index contributed by atoms with van der Waals surface area (Å²) in [5.41, 5.74) is -0.101. The molecule has 1 N–H and O–H groups in total. The maximum Gasteiger partial charge on any atom is 0.175 e. The molecule has 1 atom stereocenters. The first-order chi connectivity index (χ1) is 12.2. The summed E-state index contributed by atoms with van der Waals surface area (Å²) >= 11 is 0. The Hall–Kier alpha value is -3.11. The van der Waals surface area contributed by atoms with Crippen LogP contribution in [0.5, 0.6) is 5.75 Å². The molecule has 0 amide bonds. The van der Waals surface area contributed by atoms with Gasteiger partial charge < -0.3 is 14.3 Å². The van der Waals surface area contributed by atoms with Crippen LogP contribution in [0.25, 0.3) is 10.8 Å². The lowest BCUT2D eigenvalue weighted by atomic mass is 9.82. The molecule has 0 saturated heterocycles. The smallest absolute Gasteiger partial charge is 0.175 e. The summed E-state index contributed by atoms with van der Waals surface area (Å²) in [6, 6.07) is 18.7. The number of methoxy groups -OCH3 is 1. The number of furan rings is 1. The van der Waals surface area contributed by atoms with Crippen molar-refractivity contribution in [3.8, 4) is 5.75 Å². The maximum absolute atomic E-state index is 11.8. The van der Waals surface area contributed by atoms with Gasteiger partial charge in [0, 0.05) is 23.3 Å². The van der Waals surface area contributed by atoms with E-state index in [9.17, 15) is 5.11 Å². The second-order valence-electron chi connectivity index (χ2n) is 5.82. The van der Waals surface area contributed by atoms with Crippen LogP contribution < -0.4 is 4.74 Å². The fourth-order valence-electron chi connectivity index (χ4n) is 3.15.